The van der Waals surface area contributed by atoms with Crippen molar-refractivity contribution in [3.63, 3.8) is 0 Å². The number of rotatable bonds is 8. The summed E-state index contributed by atoms with van der Waals surface area (Å²) in [4.78, 5) is 12.4. The van der Waals surface area contributed by atoms with Gasteiger partial charge in [-0.05, 0) is 12.1 Å². The maximum Gasteiger partial charge on any atom is 0.227 e. The summed E-state index contributed by atoms with van der Waals surface area (Å²) >= 11 is 4.16. The molecule has 4 nitrogen and oxygen atoms in total. The second kappa shape index (κ2) is 8.92. The maximum absolute atomic E-state index is 13.4. The number of thioether (sulfide) groups is 2. The molecule has 0 aliphatic carbocycles. The van der Waals surface area contributed by atoms with Crippen LogP contribution in [0.5, 0.6) is 0 Å². The van der Waals surface area contributed by atoms with E-state index in [4.69, 9.17) is 0 Å². The van der Waals surface area contributed by atoms with Gasteiger partial charge >= 0.3 is 0 Å². The number of hydrogen-bond donors (Lipinski definition) is 1. The highest BCUT2D eigenvalue weighted by Crippen LogP contribution is 2.26. The van der Waals surface area contributed by atoms with Gasteiger partial charge in [0.15, 0.2) is 4.34 Å². The number of amides is 1. The highest BCUT2D eigenvalue weighted by Gasteiger charge is 2.09. The van der Waals surface area contributed by atoms with Crippen molar-refractivity contribution >= 4 is 45.9 Å². The molecule has 116 valence electrons. The molecule has 22 heavy (non-hydrogen) atoms. The Morgan fingerprint density at radius 1 is 1.36 bits per heavy atom. The zero-order valence-electron chi connectivity index (χ0n) is 11.6. The second-order valence-electron chi connectivity index (χ2n) is 4.05. The summed E-state index contributed by atoms with van der Waals surface area (Å²) in [5, 5.41) is 11.0. The molecular weight excluding hydrogens is 341 g/mol. The van der Waals surface area contributed by atoms with Gasteiger partial charge < -0.3 is 5.32 Å². The monoisotopic (exact) mass is 355 g/mol. The van der Waals surface area contributed by atoms with Gasteiger partial charge in [-0.15, -0.1) is 28.5 Å². The van der Waals surface area contributed by atoms with Crippen LogP contribution in [0, 0.1) is 5.82 Å². The minimum absolute atomic E-state index is 0.153. The van der Waals surface area contributed by atoms with Crippen LogP contribution in [0.4, 0.5) is 9.52 Å². The van der Waals surface area contributed by atoms with Gasteiger partial charge in [0, 0.05) is 22.8 Å². The molecule has 0 radical (unpaired) electrons. The number of hydrogen-bond acceptors (Lipinski definition) is 6. The molecule has 2 aromatic rings. The fourth-order valence-electron chi connectivity index (χ4n) is 1.45. The molecule has 2 rings (SSSR count). The lowest BCUT2D eigenvalue weighted by Gasteiger charge is -2.03. The molecule has 1 aromatic heterocycles. The van der Waals surface area contributed by atoms with E-state index in [1.165, 1.54) is 40.9 Å². The summed E-state index contributed by atoms with van der Waals surface area (Å²) in [6, 6.07) is 6.52. The van der Waals surface area contributed by atoms with Crippen LogP contribution in [0.15, 0.2) is 46.2 Å². The molecule has 1 amide bonds. The molecule has 8 heteroatoms. The maximum atomic E-state index is 13.4. The molecule has 1 heterocycles. The average molecular weight is 355 g/mol. The van der Waals surface area contributed by atoms with Crippen molar-refractivity contribution in [1.82, 2.24) is 10.2 Å². The van der Waals surface area contributed by atoms with E-state index < -0.39 is 0 Å². The van der Waals surface area contributed by atoms with Crippen LogP contribution >= 0.6 is 34.9 Å². The van der Waals surface area contributed by atoms with Gasteiger partial charge in [-0.3, -0.25) is 4.79 Å². The SMILES string of the molecule is C=CCSc1nnc(NC(=O)CCSc2ccccc2F)s1. The lowest BCUT2D eigenvalue weighted by atomic mass is 10.3. The highest BCUT2D eigenvalue weighted by atomic mass is 32.2. The number of benzene rings is 1. The Bertz CT molecular complexity index is 648. The van der Waals surface area contributed by atoms with E-state index in [0.717, 1.165) is 10.1 Å². The molecule has 0 aliphatic heterocycles. The van der Waals surface area contributed by atoms with Crippen LogP contribution < -0.4 is 5.32 Å². The summed E-state index contributed by atoms with van der Waals surface area (Å²) in [6.45, 7) is 3.63. The molecule has 1 aromatic carbocycles. The summed E-state index contributed by atoms with van der Waals surface area (Å²) < 4.78 is 14.2. The number of nitrogens with zero attached hydrogens (tertiary/aromatic N) is 2. The van der Waals surface area contributed by atoms with Crippen LogP contribution in [0.1, 0.15) is 6.42 Å². The van der Waals surface area contributed by atoms with Crippen molar-refractivity contribution in [1.29, 1.82) is 0 Å². The Labute approximate surface area is 140 Å². The fraction of sp³-hybridized carbons (Fsp3) is 0.214. The zero-order valence-corrected chi connectivity index (χ0v) is 14.1. The van der Waals surface area contributed by atoms with Crippen molar-refractivity contribution in [3.05, 3.63) is 42.7 Å². The number of anilines is 1. The molecule has 0 aliphatic rings. The molecule has 0 atom stereocenters. The van der Waals surface area contributed by atoms with Crippen LogP contribution in [-0.4, -0.2) is 27.6 Å². The third-order valence-electron chi connectivity index (χ3n) is 2.40. The Balaban J connectivity index is 1.75. The average Bonchev–Trinajstić information content (AvgIpc) is 2.94. The van der Waals surface area contributed by atoms with E-state index in [1.807, 2.05) is 0 Å². The minimum Gasteiger partial charge on any atom is -0.300 e. The molecule has 0 saturated heterocycles. The van der Waals surface area contributed by atoms with Crippen LogP contribution in [0.2, 0.25) is 0 Å². The number of nitrogens with one attached hydrogen (secondary N) is 1. The van der Waals surface area contributed by atoms with E-state index >= 15 is 0 Å². The van der Waals surface area contributed by atoms with Crippen molar-refractivity contribution < 1.29 is 9.18 Å². The predicted molar refractivity (Wildman–Crippen MR) is 91.2 cm³/mol. The van der Waals surface area contributed by atoms with Crippen LogP contribution in [0.3, 0.4) is 0 Å². The smallest absolute Gasteiger partial charge is 0.227 e. The summed E-state index contributed by atoms with van der Waals surface area (Å²) in [5.41, 5.74) is 0. The quantitative estimate of drug-likeness (QED) is 0.439. The predicted octanol–water partition coefficient (Wildman–Crippen LogP) is 4.08. The van der Waals surface area contributed by atoms with Gasteiger partial charge in [-0.1, -0.05) is 41.3 Å². The lowest BCUT2D eigenvalue weighted by molar-refractivity contribution is -0.115. The first kappa shape index (κ1) is 17.0. The zero-order chi connectivity index (χ0) is 15.8. The van der Waals surface area contributed by atoms with Crippen molar-refractivity contribution in [2.24, 2.45) is 0 Å². The molecule has 0 unspecified atom stereocenters. The Morgan fingerprint density at radius 3 is 2.95 bits per heavy atom. The Kier molecular flexibility index (Phi) is 6.88. The van der Waals surface area contributed by atoms with E-state index in [0.29, 0.717) is 15.8 Å². The van der Waals surface area contributed by atoms with Gasteiger partial charge in [0.25, 0.3) is 0 Å². The van der Waals surface area contributed by atoms with Gasteiger partial charge in [-0.25, -0.2) is 4.39 Å². The van der Waals surface area contributed by atoms with E-state index in [-0.39, 0.29) is 18.1 Å². The minimum atomic E-state index is -0.263. The van der Waals surface area contributed by atoms with E-state index in [9.17, 15) is 9.18 Å². The first-order valence-corrected chi connectivity index (χ1v) is 9.22. The summed E-state index contributed by atoms with van der Waals surface area (Å²) in [7, 11) is 0. The number of aromatic nitrogens is 2. The Morgan fingerprint density at radius 2 is 2.18 bits per heavy atom. The standard InChI is InChI=1S/C14H14FN3OS3/c1-2-8-21-14-18-17-13(22-14)16-12(19)7-9-20-11-6-4-3-5-10(11)15/h2-6H,1,7-9H2,(H,16,17,19). The van der Waals surface area contributed by atoms with Crippen molar-refractivity contribution in [2.45, 2.75) is 15.7 Å². The number of carbonyl (C=O) groups excluding carboxylic acids is 1. The molecular formula is C14H14FN3OS3. The van der Waals surface area contributed by atoms with E-state index in [2.05, 4.69) is 22.1 Å². The van der Waals surface area contributed by atoms with Crippen molar-refractivity contribution in [3.8, 4) is 0 Å². The first-order valence-electron chi connectivity index (χ1n) is 6.43. The third-order valence-corrected chi connectivity index (χ3v) is 5.42. The topological polar surface area (TPSA) is 54.9 Å². The molecule has 0 fully saturated rings. The lowest BCUT2D eigenvalue weighted by Crippen LogP contribution is -2.11. The van der Waals surface area contributed by atoms with Gasteiger partial charge in [0.1, 0.15) is 5.82 Å². The highest BCUT2D eigenvalue weighted by molar-refractivity contribution is 8.01. The van der Waals surface area contributed by atoms with Gasteiger partial charge in [0.2, 0.25) is 11.0 Å². The largest absolute Gasteiger partial charge is 0.300 e. The summed E-state index contributed by atoms with van der Waals surface area (Å²) in [5.74, 6) is 0.840. The second-order valence-corrected chi connectivity index (χ2v) is 7.43. The van der Waals surface area contributed by atoms with E-state index in [1.54, 1.807) is 24.3 Å². The molecule has 0 spiro atoms. The Hall–Kier alpha value is -1.38. The number of halogens is 1. The van der Waals surface area contributed by atoms with Crippen molar-refractivity contribution in [2.75, 3.05) is 16.8 Å². The third kappa shape index (κ3) is 5.43. The van der Waals surface area contributed by atoms with Gasteiger partial charge in [-0.2, -0.15) is 0 Å². The molecule has 0 saturated carbocycles. The van der Waals surface area contributed by atoms with Crippen LogP contribution in [0.25, 0.3) is 0 Å². The number of carbonyl (C=O) groups is 1. The van der Waals surface area contributed by atoms with Crippen LogP contribution in [-0.2, 0) is 4.79 Å². The molecule has 0 bridgehead atoms. The normalized spacial score (nSPS) is 10.4. The molecule has 1 N–H and O–H groups in total. The summed E-state index contributed by atoms with van der Waals surface area (Å²) in [6.07, 6.45) is 2.07. The fourth-order valence-corrected chi connectivity index (χ4v) is 3.86. The van der Waals surface area contributed by atoms with Gasteiger partial charge in [0.05, 0.1) is 0 Å². The first-order chi connectivity index (χ1) is 10.7.